The second-order valence-corrected chi connectivity index (χ2v) is 16.8. The van der Waals surface area contributed by atoms with Crippen LogP contribution in [0.1, 0.15) is 59.3 Å². The number of esters is 2. The number of aromatic nitrogens is 1. The second kappa shape index (κ2) is 14.3. The van der Waals surface area contributed by atoms with Crippen LogP contribution < -0.4 is 14.2 Å². The van der Waals surface area contributed by atoms with Crippen LogP contribution in [0.5, 0.6) is 11.6 Å². The number of Topliss-reactive ketones (excluding diaryl/α,β-unsaturated/α-hetero) is 1. The molecular weight excluding hydrogens is 694 g/mol. The summed E-state index contributed by atoms with van der Waals surface area (Å²) >= 11 is 0. The number of sulfonamides is 1. The SMILES string of the molecule is COc1ccc2c(O[C@@H]3C[C@H]4C(=O)C[C@]5(C(=O)NS(=O)(=O)C6CC6)C[C@H]5/C=C\C=C\C(=O)OC[C@H](CC(=O)OC(C)(C)C)C(=O)N4C3)nccc2c1. The summed E-state index contributed by atoms with van der Waals surface area (Å²) in [5.41, 5.74) is -2.24. The van der Waals surface area contributed by atoms with E-state index in [9.17, 15) is 32.4 Å². The first kappa shape index (κ1) is 37.0. The molecule has 0 unspecified atom stereocenters. The Labute approximate surface area is 301 Å². The number of ketones is 1. The van der Waals surface area contributed by atoms with Gasteiger partial charge in [-0.1, -0.05) is 18.2 Å². The lowest BCUT2D eigenvalue weighted by molar-refractivity contribution is -0.161. The molecule has 15 heteroatoms. The molecule has 0 radical (unpaired) electrons. The normalized spacial score (nSPS) is 28.0. The van der Waals surface area contributed by atoms with Gasteiger partial charge in [-0.25, -0.2) is 18.2 Å². The Hall–Kier alpha value is -4.79. The first-order chi connectivity index (χ1) is 24.6. The number of rotatable bonds is 8. The summed E-state index contributed by atoms with van der Waals surface area (Å²) in [6, 6.07) is 6.06. The number of methoxy groups -OCH3 is 1. The number of fused-ring (bicyclic) bond motifs is 3. The first-order valence-electron chi connectivity index (χ1n) is 17.3. The molecule has 1 saturated heterocycles. The van der Waals surface area contributed by atoms with Crippen LogP contribution in [0.3, 0.4) is 0 Å². The van der Waals surface area contributed by atoms with Gasteiger partial charge in [-0.05, 0) is 75.6 Å². The van der Waals surface area contributed by atoms with Gasteiger partial charge in [0.25, 0.3) is 0 Å². The minimum Gasteiger partial charge on any atom is -0.497 e. The summed E-state index contributed by atoms with van der Waals surface area (Å²) in [4.78, 5) is 73.8. The van der Waals surface area contributed by atoms with Crippen LogP contribution in [0.2, 0.25) is 0 Å². The van der Waals surface area contributed by atoms with Gasteiger partial charge >= 0.3 is 11.9 Å². The fraction of sp³-hybridized carbons (Fsp3) is 0.514. The number of hydrogen-bond donors (Lipinski definition) is 1. The van der Waals surface area contributed by atoms with Crippen molar-refractivity contribution in [2.75, 3.05) is 20.3 Å². The topological polar surface area (TPSA) is 185 Å². The Morgan fingerprint density at radius 1 is 1.12 bits per heavy atom. The third-order valence-electron chi connectivity index (χ3n) is 9.70. The molecule has 2 aliphatic carbocycles. The van der Waals surface area contributed by atoms with Gasteiger partial charge in [-0.3, -0.25) is 23.9 Å². The highest BCUT2D eigenvalue weighted by molar-refractivity contribution is 7.90. The van der Waals surface area contributed by atoms with Crippen LogP contribution in [0.15, 0.2) is 54.8 Å². The standard InChI is InChI=1S/C37H43N3O11S/c1-36(2,3)51-32(43)16-23-21-49-31(42)8-6-5-7-24-18-37(24,35(45)39-52(46,47)27-10-11-27)19-30(41)29-17-26(20-40(29)34(23)44)50-33-28-12-9-25(48-4)15-22(28)13-14-38-33/h5-9,12-15,23-24,26-27,29H,10-11,16-21H2,1-4H3,(H,39,45)/b7-5-,8-6+/t23-,24+,26+,29-,37+/m0/s1. The van der Waals surface area contributed by atoms with Crippen molar-refractivity contribution >= 4 is 50.3 Å². The van der Waals surface area contributed by atoms with Gasteiger partial charge in [-0.2, -0.15) is 0 Å². The molecule has 3 fully saturated rings. The van der Waals surface area contributed by atoms with E-state index >= 15 is 0 Å². The van der Waals surface area contributed by atoms with Crippen molar-refractivity contribution in [2.24, 2.45) is 17.3 Å². The highest BCUT2D eigenvalue weighted by Gasteiger charge is 2.61. The summed E-state index contributed by atoms with van der Waals surface area (Å²) < 4.78 is 50.3. The van der Waals surface area contributed by atoms with Gasteiger partial charge in [0, 0.05) is 30.5 Å². The molecule has 1 N–H and O–H groups in total. The predicted molar refractivity (Wildman–Crippen MR) is 186 cm³/mol. The van der Waals surface area contributed by atoms with Crippen LogP contribution in [0, 0.1) is 17.3 Å². The van der Waals surface area contributed by atoms with E-state index in [1.54, 1.807) is 58.4 Å². The summed E-state index contributed by atoms with van der Waals surface area (Å²) in [5.74, 6) is -4.17. The number of allylic oxidation sites excluding steroid dienone is 3. The minimum atomic E-state index is -3.92. The molecule has 6 rings (SSSR count). The highest BCUT2D eigenvalue weighted by atomic mass is 32.2. The molecule has 2 saturated carbocycles. The molecule has 2 aliphatic heterocycles. The Morgan fingerprint density at radius 3 is 2.60 bits per heavy atom. The molecule has 1 aromatic heterocycles. The van der Waals surface area contributed by atoms with E-state index in [0.29, 0.717) is 24.0 Å². The van der Waals surface area contributed by atoms with Crippen molar-refractivity contribution in [3.8, 4) is 11.6 Å². The third-order valence-corrected chi connectivity index (χ3v) is 11.5. The molecule has 2 amide bonds. The number of carbonyl (C=O) groups is 5. The van der Waals surface area contributed by atoms with Crippen molar-refractivity contribution in [2.45, 2.75) is 82.3 Å². The zero-order chi connectivity index (χ0) is 37.4. The predicted octanol–water partition coefficient (Wildman–Crippen LogP) is 3.18. The van der Waals surface area contributed by atoms with E-state index in [2.05, 4.69) is 9.71 Å². The van der Waals surface area contributed by atoms with Crippen LogP contribution >= 0.6 is 0 Å². The zero-order valence-corrected chi connectivity index (χ0v) is 30.3. The molecule has 278 valence electrons. The van der Waals surface area contributed by atoms with E-state index in [0.717, 1.165) is 11.5 Å². The number of pyridine rings is 1. The van der Waals surface area contributed by atoms with E-state index < -0.39 is 92.8 Å². The fourth-order valence-electron chi connectivity index (χ4n) is 6.79. The van der Waals surface area contributed by atoms with E-state index in [1.165, 1.54) is 17.1 Å². The molecule has 0 bridgehead atoms. The molecule has 5 atom stereocenters. The van der Waals surface area contributed by atoms with Crippen LogP contribution in [0.4, 0.5) is 0 Å². The van der Waals surface area contributed by atoms with Gasteiger partial charge in [0.2, 0.25) is 27.7 Å². The molecule has 52 heavy (non-hydrogen) atoms. The Bertz CT molecular complexity index is 1950. The van der Waals surface area contributed by atoms with E-state index in [4.69, 9.17) is 18.9 Å². The maximum atomic E-state index is 14.4. The van der Waals surface area contributed by atoms with Gasteiger partial charge in [-0.15, -0.1) is 0 Å². The molecule has 1 aromatic carbocycles. The van der Waals surface area contributed by atoms with Crippen molar-refractivity contribution in [3.05, 3.63) is 54.8 Å². The monoisotopic (exact) mass is 737 g/mol. The summed E-state index contributed by atoms with van der Waals surface area (Å²) in [6.07, 6.45) is 6.86. The lowest BCUT2D eigenvalue weighted by Crippen LogP contribution is -2.47. The number of carbonyl (C=O) groups excluding carboxylic acids is 5. The number of cyclic esters (lactones) is 1. The fourth-order valence-corrected chi connectivity index (χ4v) is 8.17. The van der Waals surface area contributed by atoms with Crippen molar-refractivity contribution in [1.29, 1.82) is 0 Å². The largest absolute Gasteiger partial charge is 0.497 e. The number of benzene rings is 1. The molecule has 14 nitrogen and oxygen atoms in total. The average Bonchev–Trinajstić information content (AvgIpc) is 4.00. The highest BCUT2D eigenvalue weighted by Crippen LogP contribution is 2.57. The van der Waals surface area contributed by atoms with Crippen molar-refractivity contribution in [3.63, 3.8) is 0 Å². The summed E-state index contributed by atoms with van der Waals surface area (Å²) in [7, 11) is -2.36. The van der Waals surface area contributed by atoms with Crippen molar-refractivity contribution in [1.82, 2.24) is 14.6 Å². The number of amides is 2. The summed E-state index contributed by atoms with van der Waals surface area (Å²) in [6.45, 7) is 4.50. The smallest absolute Gasteiger partial charge is 0.330 e. The van der Waals surface area contributed by atoms with E-state index in [1.807, 2.05) is 6.07 Å². The second-order valence-electron chi connectivity index (χ2n) is 14.8. The number of ether oxygens (including phenoxy) is 4. The van der Waals surface area contributed by atoms with Crippen LogP contribution in [0.25, 0.3) is 10.8 Å². The lowest BCUT2D eigenvalue weighted by atomic mass is 9.91. The molecular formula is C37H43N3O11S. The zero-order valence-electron chi connectivity index (χ0n) is 29.5. The van der Waals surface area contributed by atoms with Gasteiger partial charge in [0.15, 0.2) is 5.78 Å². The van der Waals surface area contributed by atoms with Gasteiger partial charge < -0.3 is 23.8 Å². The van der Waals surface area contributed by atoms with Crippen LogP contribution in [-0.2, 0) is 43.5 Å². The van der Waals surface area contributed by atoms with Gasteiger partial charge in [0.1, 0.15) is 24.1 Å². The van der Waals surface area contributed by atoms with E-state index in [-0.39, 0.29) is 31.7 Å². The average molecular weight is 738 g/mol. The first-order valence-corrected chi connectivity index (χ1v) is 18.9. The Morgan fingerprint density at radius 2 is 1.88 bits per heavy atom. The Balaban J connectivity index is 1.33. The third kappa shape index (κ3) is 8.30. The van der Waals surface area contributed by atoms with Crippen molar-refractivity contribution < 1.29 is 51.3 Å². The number of nitrogens with zero attached hydrogens (tertiary/aromatic N) is 2. The molecule has 0 spiro atoms. The lowest BCUT2D eigenvalue weighted by Gasteiger charge is -2.29. The minimum absolute atomic E-state index is 0.0257. The number of nitrogens with one attached hydrogen (secondary N) is 1. The quantitative estimate of drug-likeness (QED) is 0.391. The Kier molecular flexibility index (Phi) is 10.2. The maximum Gasteiger partial charge on any atom is 0.330 e. The van der Waals surface area contributed by atoms with Gasteiger partial charge in [0.05, 0.1) is 42.7 Å². The molecule has 3 heterocycles. The molecule has 2 aromatic rings. The molecule has 4 aliphatic rings. The number of hydrogen-bond acceptors (Lipinski definition) is 12. The maximum absolute atomic E-state index is 14.4. The summed E-state index contributed by atoms with van der Waals surface area (Å²) in [5, 5.41) is 0.812. The van der Waals surface area contributed by atoms with Crippen LogP contribution in [-0.4, -0.2) is 91.1 Å².